The second kappa shape index (κ2) is 7.27. The number of carboxylic acids is 1. The quantitative estimate of drug-likeness (QED) is 0.547. The SMILES string of the molecule is NCC(=O)C(C(=O)O)N(C(=O)CN)C(=O)c1ccccc1. The molecule has 1 rings (SSSR count). The highest BCUT2D eigenvalue weighted by Crippen LogP contribution is 2.10. The molecule has 0 spiro atoms. The topological polar surface area (TPSA) is 144 Å². The Morgan fingerprint density at radius 3 is 2.05 bits per heavy atom. The van der Waals surface area contributed by atoms with Crippen LogP contribution in [-0.2, 0) is 14.4 Å². The smallest absolute Gasteiger partial charge is 0.334 e. The van der Waals surface area contributed by atoms with Gasteiger partial charge in [0.25, 0.3) is 5.91 Å². The van der Waals surface area contributed by atoms with Crippen molar-refractivity contribution in [3.8, 4) is 0 Å². The fourth-order valence-corrected chi connectivity index (χ4v) is 1.70. The third-order valence-electron chi connectivity index (χ3n) is 2.68. The second-order valence-corrected chi connectivity index (χ2v) is 4.05. The number of aliphatic carboxylic acids is 1. The van der Waals surface area contributed by atoms with Gasteiger partial charge < -0.3 is 16.6 Å². The van der Waals surface area contributed by atoms with Crippen LogP contribution in [0.25, 0.3) is 0 Å². The summed E-state index contributed by atoms with van der Waals surface area (Å²) < 4.78 is 0. The second-order valence-electron chi connectivity index (χ2n) is 4.05. The number of Topliss-reactive ketones (excluding diaryl/α,β-unsaturated/α-hetero) is 1. The van der Waals surface area contributed by atoms with Gasteiger partial charge in [-0.25, -0.2) is 4.79 Å². The lowest BCUT2D eigenvalue weighted by Crippen LogP contribution is -2.55. The van der Waals surface area contributed by atoms with Crippen molar-refractivity contribution >= 4 is 23.6 Å². The maximum absolute atomic E-state index is 12.3. The molecule has 1 aromatic carbocycles. The van der Waals surface area contributed by atoms with E-state index in [2.05, 4.69) is 0 Å². The summed E-state index contributed by atoms with van der Waals surface area (Å²) in [5, 5.41) is 9.12. The Labute approximate surface area is 120 Å². The zero-order valence-electron chi connectivity index (χ0n) is 11.1. The molecule has 0 bridgehead atoms. The van der Waals surface area contributed by atoms with Crippen molar-refractivity contribution in [2.75, 3.05) is 13.1 Å². The zero-order valence-corrected chi connectivity index (χ0v) is 11.1. The lowest BCUT2D eigenvalue weighted by molar-refractivity contribution is -0.151. The summed E-state index contributed by atoms with van der Waals surface area (Å²) in [6.45, 7) is -1.23. The molecular formula is C13H15N3O5. The van der Waals surface area contributed by atoms with Gasteiger partial charge in [-0.3, -0.25) is 19.3 Å². The van der Waals surface area contributed by atoms with Crippen molar-refractivity contribution in [1.29, 1.82) is 0 Å². The van der Waals surface area contributed by atoms with E-state index in [0.717, 1.165) is 0 Å². The summed E-state index contributed by atoms with van der Waals surface area (Å²) in [6.07, 6.45) is 0. The Morgan fingerprint density at radius 1 is 1.05 bits per heavy atom. The molecule has 8 heteroatoms. The number of hydrogen-bond donors (Lipinski definition) is 3. The minimum Gasteiger partial charge on any atom is -0.479 e. The Morgan fingerprint density at radius 2 is 1.62 bits per heavy atom. The van der Waals surface area contributed by atoms with E-state index in [1.807, 2.05) is 0 Å². The number of hydrogen-bond acceptors (Lipinski definition) is 6. The molecule has 8 nitrogen and oxygen atoms in total. The van der Waals surface area contributed by atoms with E-state index in [0.29, 0.717) is 4.90 Å². The van der Waals surface area contributed by atoms with Crippen LogP contribution in [-0.4, -0.2) is 52.7 Å². The van der Waals surface area contributed by atoms with Gasteiger partial charge in [0, 0.05) is 5.56 Å². The Bertz CT molecular complexity index is 558. The molecule has 2 amide bonds. The molecule has 0 aliphatic carbocycles. The molecule has 0 saturated heterocycles. The minimum atomic E-state index is -1.99. The number of imide groups is 1. The van der Waals surface area contributed by atoms with Gasteiger partial charge in [-0.15, -0.1) is 0 Å². The van der Waals surface area contributed by atoms with Gasteiger partial charge in [0.05, 0.1) is 13.1 Å². The first-order chi connectivity index (χ1) is 9.93. The van der Waals surface area contributed by atoms with Gasteiger partial charge in [0.1, 0.15) is 0 Å². The highest BCUT2D eigenvalue weighted by molar-refractivity contribution is 6.14. The highest BCUT2D eigenvalue weighted by Gasteiger charge is 2.39. The van der Waals surface area contributed by atoms with Crippen molar-refractivity contribution in [2.45, 2.75) is 6.04 Å². The average molecular weight is 293 g/mol. The van der Waals surface area contributed by atoms with Gasteiger partial charge in [-0.05, 0) is 12.1 Å². The fourth-order valence-electron chi connectivity index (χ4n) is 1.70. The molecule has 0 aromatic heterocycles. The fraction of sp³-hybridized carbons (Fsp3) is 0.231. The molecule has 0 radical (unpaired) electrons. The van der Waals surface area contributed by atoms with Crippen molar-refractivity contribution in [3.63, 3.8) is 0 Å². The van der Waals surface area contributed by atoms with Gasteiger partial charge in [0.2, 0.25) is 5.91 Å². The van der Waals surface area contributed by atoms with Crippen LogP contribution in [0.3, 0.4) is 0 Å². The maximum atomic E-state index is 12.3. The van der Waals surface area contributed by atoms with Crippen LogP contribution in [0.5, 0.6) is 0 Å². The molecule has 0 fully saturated rings. The van der Waals surface area contributed by atoms with Crippen LogP contribution >= 0.6 is 0 Å². The first-order valence-electron chi connectivity index (χ1n) is 6.01. The van der Waals surface area contributed by atoms with E-state index in [4.69, 9.17) is 16.6 Å². The first kappa shape index (κ1) is 16.5. The number of amides is 2. The van der Waals surface area contributed by atoms with Crippen LogP contribution in [0.4, 0.5) is 0 Å². The molecule has 1 aromatic rings. The van der Waals surface area contributed by atoms with E-state index in [1.165, 1.54) is 12.1 Å². The predicted octanol–water partition coefficient (Wildman–Crippen LogP) is -1.40. The Balaban J connectivity index is 3.28. The van der Waals surface area contributed by atoms with E-state index in [9.17, 15) is 19.2 Å². The molecule has 112 valence electrons. The number of carboxylic acid groups (broad SMARTS) is 1. The van der Waals surface area contributed by atoms with E-state index >= 15 is 0 Å². The Hall–Kier alpha value is -2.58. The van der Waals surface area contributed by atoms with Gasteiger partial charge in [0.15, 0.2) is 11.8 Å². The average Bonchev–Trinajstić information content (AvgIpc) is 2.50. The number of carbonyl (C=O) groups excluding carboxylic acids is 3. The maximum Gasteiger partial charge on any atom is 0.334 e. The number of carbonyl (C=O) groups is 4. The summed E-state index contributed by atoms with van der Waals surface area (Å²) in [5.41, 5.74) is 10.4. The summed E-state index contributed by atoms with van der Waals surface area (Å²) in [7, 11) is 0. The molecule has 1 atom stereocenters. The minimum absolute atomic E-state index is 0.0652. The third-order valence-corrected chi connectivity index (χ3v) is 2.68. The van der Waals surface area contributed by atoms with Crippen LogP contribution in [0, 0.1) is 0 Å². The zero-order chi connectivity index (χ0) is 16.0. The van der Waals surface area contributed by atoms with Crippen molar-refractivity contribution in [2.24, 2.45) is 11.5 Å². The highest BCUT2D eigenvalue weighted by atomic mass is 16.4. The third kappa shape index (κ3) is 3.71. The summed E-state index contributed by atoms with van der Waals surface area (Å²) in [6, 6.07) is 5.53. The lowest BCUT2D eigenvalue weighted by Gasteiger charge is -2.25. The molecule has 5 N–H and O–H groups in total. The van der Waals surface area contributed by atoms with Crippen LogP contribution < -0.4 is 11.5 Å². The van der Waals surface area contributed by atoms with Crippen LogP contribution in [0.2, 0.25) is 0 Å². The van der Waals surface area contributed by atoms with Gasteiger partial charge >= 0.3 is 5.97 Å². The molecule has 1 unspecified atom stereocenters. The summed E-state index contributed by atoms with van der Waals surface area (Å²) in [5.74, 6) is -4.50. The summed E-state index contributed by atoms with van der Waals surface area (Å²) >= 11 is 0. The predicted molar refractivity (Wildman–Crippen MR) is 72.2 cm³/mol. The largest absolute Gasteiger partial charge is 0.479 e. The standard InChI is InChI=1S/C13H15N3O5/c14-6-9(17)11(13(20)21)16(10(18)7-15)12(19)8-4-2-1-3-5-8/h1-5,11H,6-7,14-15H2,(H,20,21). The molecule has 21 heavy (non-hydrogen) atoms. The van der Waals surface area contributed by atoms with Crippen LogP contribution in [0.1, 0.15) is 10.4 Å². The normalized spacial score (nSPS) is 11.5. The number of rotatable bonds is 6. The van der Waals surface area contributed by atoms with Crippen molar-refractivity contribution < 1.29 is 24.3 Å². The van der Waals surface area contributed by atoms with Gasteiger partial charge in [-0.1, -0.05) is 18.2 Å². The van der Waals surface area contributed by atoms with Crippen LogP contribution in [0.15, 0.2) is 30.3 Å². The van der Waals surface area contributed by atoms with E-state index < -0.39 is 42.7 Å². The molecule has 0 saturated carbocycles. The number of nitrogens with zero attached hydrogens (tertiary/aromatic N) is 1. The monoisotopic (exact) mass is 293 g/mol. The summed E-state index contributed by atoms with van der Waals surface area (Å²) in [4.78, 5) is 47.4. The Kier molecular flexibility index (Phi) is 5.70. The first-order valence-corrected chi connectivity index (χ1v) is 6.01. The number of ketones is 1. The van der Waals surface area contributed by atoms with Crippen molar-refractivity contribution in [3.05, 3.63) is 35.9 Å². The number of nitrogens with two attached hydrogens (primary N) is 2. The number of benzene rings is 1. The van der Waals surface area contributed by atoms with E-state index in [-0.39, 0.29) is 5.56 Å². The lowest BCUT2D eigenvalue weighted by atomic mass is 10.1. The molecule has 0 aliphatic heterocycles. The molecule has 0 aliphatic rings. The molecular weight excluding hydrogens is 278 g/mol. The van der Waals surface area contributed by atoms with E-state index in [1.54, 1.807) is 18.2 Å². The van der Waals surface area contributed by atoms with Gasteiger partial charge in [-0.2, -0.15) is 0 Å². The molecule has 0 heterocycles. The van der Waals surface area contributed by atoms with Crippen molar-refractivity contribution in [1.82, 2.24) is 4.90 Å².